The molecule has 1 aliphatic rings. The van der Waals surface area contributed by atoms with Gasteiger partial charge in [0, 0.05) is 33.0 Å². The van der Waals surface area contributed by atoms with Crippen molar-refractivity contribution in [3.63, 3.8) is 0 Å². The lowest BCUT2D eigenvalue weighted by atomic mass is 9.95. The third-order valence-electron chi connectivity index (χ3n) is 2.80. The molecule has 0 aromatic carbocycles. The second-order valence-electron chi connectivity index (χ2n) is 4.40. The molecular weight excluding hydrogens is 266 g/mol. The van der Waals surface area contributed by atoms with Crippen molar-refractivity contribution in [2.75, 3.05) is 20.3 Å². The van der Waals surface area contributed by atoms with Crippen molar-refractivity contribution in [1.29, 1.82) is 0 Å². The zero-order valence-corrected chi connectivity index (χ0v) is 11.9. The highest BCUT2D eigenvalue weighted by Gasteiger charge is 2.28. The number of esters is 2. The predicted octanol–water partition coefficient (Wildman–Crippen LogP) is 0.497. The highest BCUT2D eigenvalue weighted by molar-refractivity contribution is 5.91. The smallest absolute Gasteiger partial charge is 0.375 e. The van der Waals surface area contributed by atoms with Gasteiger partial charge in [-0.2, -0.15) is 0 Å². The second kappa shape index (κ2) is 7.64. The maximum Gasteiger partial charge on any atom is 0.375 e. The monoisotopic (exact) mass is 285 g/mol. The molecule has 0 unspecified atom stereocenters. The van der Waals surface area contributed by atoms with E-state index in [1.807, 2.05) is 0 Å². The van der Waals surface area contributed by atoms with E-state index in [0.717, 1.165) is 0 Å². The summed E-state index contributed by atoms with van der Waals surface area (Å²) in [6, 6.07) is 0. The van der Waals surface area contributed by atoms with Crippen LogP contribution in [0.25, 0.3) is 0 Å². The maximum absolute atomic E-state index is 11.8. The van der Waals surface area contributed by atoms with Crippen LogP contribution in [0.1, 0.15) is 26.7 Å². The van der Waals surface area contributed by atoms with Crippen molar-refractivity contribution in [3.05, 3.63) is 11.5 Å². The zero-order valence-electron chi connectivity index (χ0n) is 11.9. The molecule has 1 amide bonds. The average molecular weight is 285 g/mol. The molecule has 0 spiro atoms. The fourth-order valence-electron chi connectivity index (χ4n) is 1.96. The van der Waals surface area contributed by atoms with Crippen LogP contribution >= 0.6 is 0 Å². The molecule has 0 aromatic heterocycles. The molecule has 112 valence electrons. The van der Waals surface area contributed by atoms with Gasteiger partial charge in [-0.25, -0.2) is 4.79 Å². The molecule has 1 N–H and O–H groups in total. The number of rotatable bonds is 4. The summed E-state index contributed by atoms with van der Waals surface area (Å²) in [4.78, 5) is 34.2. The number of hydrogen-bond acceptors (Lipinski definition) is 6. The quantitative estimate of drug-likeness (QED) is 0.459. The molecule has 0 aromatic rings. The van der Waals surface area contributed by atoms with Gasteiger partial charge in [0.2, 0.25) is 11.7 Å². The van der Waals surface area contributed by atoms with Gasteiger partial charge in [-0.05, 0) is 12.8 Å². The van der Waals surface area contributed by atoms with E-state index in [4.69, 9.17) is 9.47 Å². The van der Waals surface area contributed by atoms with E-state index in [9.17, 15) is 14.4 Å². The highest BCUT2D eigenvalue weighted by Crippen LogP contribution is 2.25. The molecule has 7 heteroatoms. The Bertz CT molecular complexity index is 423. The van der Waals surface area contributed by atoms with Crippen LogP contribution in [0.15, 0.2) is 11.5 Å². The Kier molecular flexibility index (Phi) is 6.17. The molecule has 1 heterocycles. The third-order valence-corrected chi connectivity index (χ3v) is 2.80. The van der Waals surface area contributed by atoms with Crippen molar-refractivity contribution < 1.29 is 28.6 Å². The molecule has 0 atom stereocenters. The van der Waals surface area contributed by atoms with Crippen molar-refractivity contribution in [1.82, 2.24) is 5.32 Å². The summed E-state index contributed by atoms with van der Waals surface area (Å²) in [5.74, 6) is -2.18. The first kappa shape index (κ1) is 16.2. The van der Waals surface area contributed by atoms with Crippen LogP contribution in [0.4, 0.5) is 0 Å². The molecular formula is C13H19NO6. The standard InChI is InChI=1S/C13H19NO6/c1-8(15)14-11(10-4-6-19-7-5-10)12(13(17)18-3)20-9(2)16/h10H,4-7H2,1-3H3,(H,14,15). The summed E-state index contributed by atoms with van der Waals surface area (Å²) in [7, 11) is 1.18. The van der Waals surface area contributed by atoms with Crippen LogP contribution in [0.5, 0.6) is 0 Å². The van der Waals surface area contributed by atoms with Crippen molar-refractivity contribution in [2.24, 2.45) is 5.92 Å². The third kappa shape index (κ3) is 4.65. The van der Waals surface area contributed by atoms with Gasteiger partial charge in [0.15, 0.2) is 0 Å². The highest BCUT2D eigenvalue weighted by atomic mass is 16.6. The Morgan fingerprint density at radius 1 is 1.15 bits per heavy atom. The first-order valence-corrected chi connectivity index (χ1v) is 6.32. The molecule has 0 radical (unpaired) electrons. The van der Waals surface area contributed by atoms with E-state index in [1.54, 1.807) is 0 Å². The first-order chi connectivity index (χ1) is 9.45. The van der Waals surface area contributed by atoms with Crippen molar-refractivity contribution in [3.8, 4) is 0 Å². The first-order valence-electron chi connectivity index (χ1n) is 6.32. The molecule has 20 heavy (non-hydrogen) atoms. The van der Waals surface area contributed by atoms with E-state index >= 15 is 0 Å². The van der Waals surface area contributed by atoms with Crippen molar-refractivity contribution in [2.45, 2.75) is 26.7 Å². The number of hydrogen-bond donors (Lipinski definition) is 1. The van der Waals surface area contributed by atoms with E-state index in [0.29, 0.717) is 26.1 Å². The number of ether oxygens (including phenoxy) is 3. The van der Waals surface area contributed by atoms with Crippen LogP contribution in [0, 0.1) is 5.92 Å². The van der Waals surface area contributed by atoms with Gasteiger partial charge in [0.1, 0.15) is 0 Å². The Morgan fingerprint density at radius 3 is 2.20 bits per heavy atom. The predicted molar refractivity (Wildman–Crippen MR) is 68.2 cm³/mol. The van der Waals surface area contributed by atoms with Crippen molar-refractivity contribution >= 4 is 17.8 Å². The number of nitrogens with one attached hydrogen (secondary N) is 1. The van der Waals surface area contributed by atoms with E-state index in [2.05, 4.69) is 10.1 Å². The SMILES string of the molecule is COC(=O)C(OC(C)=O)=C(NC(C)=O)C1CCOCC1. The Balaban J connectivity index is 3.16. The fourth-order valence-corrected chi connectivity index (χ4v) is 1.96. The summed E-state index contributed by atoms with van der Waals surface area (Å²) < 4.78 is 14.8. The van der Waals surface area contributed by atoms with Gasteiger partial charge >= 0.3 is 11.9 Å². The fraction of sp³-hybridized carbons (Fsp3) is 0.615. The summed E-state index contributed by atoms with van der Waals surface area (Å²) in [6.07, 6.45) is 1.24. The Morgan fingerprint density at radius 2 is 1.75 bits per heavy atom. The normalized spacial score (nSPS) is 16.9. The number of carbonyl (C=O) groups excluding carboxylic acids is 3. The minimum absolute atomic E-state index is 0.124. The van der Waals surface area contributed by atoms with Crippen LogP contribution in [-0.2, 0) is 28.6 Å². The van der Waals surface area contributed by atoms with Gasteiger partial charge < -0.3 is 19.5 Å². The molecule has 7 nitrogen and oxygen atoms in total. The lowest BCUT2D eigenvalue weighted by Gasteiger charge is -2.26. The minimum Gasteiger partial charge on any atom is -0.463 e. The number of carbonyl (C=O) groups is 3. The molecule has 1 aliphatic heterocycles. The average Bonchev–Trinajstić information content (AvgIpc) is 2.42. The molecule has 1 saturated heterocycles. The van der Waals surface area contributed by atoms with Crippen LogP contribution in [0.2, 0.25) is 0 Å². The van der Waals surface area contributed by atoms with Gasteiger partial charge in [-0.15, -0.1) is 0 Å². The van der Waals surface area contributed by atoms with E-state index < -0.39 is 11.9 Å². The van der Waals surface area contributed by atoms with Gasteiger partial charge in [-0.1, -0.05) is 0 Å². The van der Waals surface area contributed by atoms with Crippen LogP contribution in [0.3, 0.4) is 0 Å². The van der Waals surface area contributed by atoms with Gasteiger partial charge in [-0.3, -0.25) is 9.59 Å². The lowest BCUT2D eigenvalue weighted by Crippen LogP contribution is -2.32. The Labute approximate surface area is 117 Å². The lowest BCUT2D eigenvalue weighted by molar-refractivity contribution is -0.149. The van der Waals surface area contributed by atoms with E-state index in [1.165, 1.54) is 21.0 Å². The summed E-state index contributed by atoms with van der Waals surface area (Å²) in [5.41, 5.74) is 0.280. The number of methoxy groups -OCH3 is 1. The van der Waals surface area contributed by atoms with Crippen LogP contribution in [-0.4, -0.2) is 38.2 Å². The Hall–Kier alpha value is -1.89. The second-order valence-corrected chi connectivity index (χ2v) is 4.40. The molecule has 0 aliphatic carbocycles. The minimum atomic E-state index is -0.796. The molecule has 0 bridgehead atoms. The molecule has 0 saturated carbocycles. The molecule has 1 fully saturated rings. The van der Waals surface area contributed by atoms with Gasteiger partial charge in [0.25, 0.3) is 0 Å². The number of allylic oxidation sites excluding steroid dienone is 1. The zero-order chi connectivity index (χ0) is 15.1. The summed E-state index contributed by atoms with van der Waals surface area (Å²) in [6.45, 7) is 3.53. The maximum atomic E-state index is 11.8. The molecule has 1 rings (SSSR count). The summed E-state index contributed by atoms with van der Waals surface area (Å²) in [5, 5.41) is 2.58. The summed E-state index contributed by atoms with van der Waals surface area (Å²) >= 11 is 0. The van der Waals surface area contributed by atoms with Crippen LogP contribution < -0.4 is 5.32 Å². The largest absolute Gasteiger partial charge is 0.463 e. The van der Waals surface area contributed by atoms with E-state index in [-0.39, 0.29) is 23.3 Å². The number of amides is 1. The topological polar surface area (TPSA) is 90.9 Å². The van der Waals surface area contributed by atoms with Gasteiger partial charge in [0.05, 0.1) is 12.8 Å².